The van der Waals surface area contributed by atoms with E-state index in [0.29, 0.717) is 28.9 Å². The van der Waals surface area contributed by atoms with E-state index in [9.17, 15) is 22.8 Å². The molecule has 10 nitrogen and oxygen atoms in total. The number of benzene rings is 3. The molecule has 4 rings (SSSR count). The van der Waals surface area contributed by atoms with Crippen LogP contribution < -0.4 is 9.62 Å². The number of rotatable bonds is 13. The van der Waals surface area contributed by atoms with E-state index in [0.717, 1.165) is 11.0 Å². The van der Waals surface area contributed by atoms with Crippen molar-refractivity contribution in [3.63, 3.8) is 0 Å². The number of nitrogens with one attached hydrogen (secondary N) is 1. The third-order valence-electron chi connectivity index (χ3n) is 6.68. The first-order chi connectivity index (χ1) is 21.2. The number of anilines is 1. The second kappa shape index (κ2) is 14.9. The largest absolute Gasteiger partial charge is 0.462 e. The molecule has 1 unspecified atom stereocenters. The van der Waals surface area contributed by atoms with E-state index >= 15 is 0 Å². The minimum Gasteiger partial charge on any atom is -0.462 e. The Labute approximate surface area is 257 Å². The highest BCUT2D eigenvalue weighted by atomic mass is 32.2. The highest BCUT2D eigenvalue weighted by molar-refractivity contribution is 7.93. The molecule has 2 amide bonds. The molecule has 0 fully saturated rings. The number of aromatic nitrogens is 2. The van der Waals surface area contributed by atoms with Crippen molar-refractivity contribution >= 4 is 39.6 Å². The van der Waals surface area contributed by atoms with Crippen LogP contribution in [0.3, 0.4) is 0 Å². The number of nitrogens with zero attached hydrogens (tertiary/aromatic N) is 3. The van der Waals surface area contributed by atoms with E-state index < -0.39 is 33.7 Å². The van der Waals surface area contributed by atoms with E-state index in [4.69, 9.17) is 4.74 Å². The van der Waals surface area contributed by atoms with Gasteiger partial charge < -0.3 is 9.64 Å². The molecular formula is C33H34N4O6S. The molecule has 0 saturated carbocycles. The predicted molar refractivity (Wildman–Crippen MR) is 168 cm³/mol. The van der Waals surface area contributed by atoms with Gasteiger partial charge in [0.15, 0.2) is 0 Å². The molecule has 44 heavy (non-hydrogen) atoms. The van der Waals surface area contributed by atoms with Crippen LogP contribution in [0, 0.1) is 5.92 Å². The summed E-state index contributed by atoms with van der Waals surface area (Å²) in [5, 5.41) is 5.27. The molecule has 0 saturated heterocycles. The second-order valence-electron chi connectivity index (χ2n) is 9.86. The number of esters is 1. The van der Waals surface area contributed by atoms with Crippen LogP contribution in [-0.2, 0) is 37.3 Å². The lowest BCUT2D eigenvalue weighted by Crippen LogP contribution is -2.46. The van der Waals surface area contributed by atoms with Crippen LogP contribution in [0.2, 0.25) is 0 Å². The van der Waals surface area contributed by atoms with Gasteiger partial charge in [0, 0.05) is 18.4 Å². The Morgan fingerprint density at radius 2 is 1.59 bits per heavy atom. The summed E-state index contributed by atoms with van der Waals surface area (Å²) >= 11 is 0. The van der Waals surface area contributed by atoms with E-state index in [2.05, 4.69) is 9.82 Å². The van der Waals surface area contributed by atoms with Gasteiger partial charge in [-0.25, -0.2) is 17.9 Å². The number of sulfonamides is 1. The zero-order valence-electron chi connectivity index (χ0n) is 24.5. The molecule has 1 aromatic heterocycles. The van der Waals surface area contributed by atoms with Crippen LogP contribution in [0.1, 0.15) is 40.9 Å². The Kier molecular flexibility index (Phi) is 10.8. The zero-order chi connectivity index (χ0) is 31.5. The van der Waals surface area contributed by atoms with Gasteiger partial charge in [0.2, 0.25) is 11.8 Å². The Hall–Kier alpha value is -5.03. The van der Waals surface area contributed by atoms with Crippen LogP contribution >= 0.6 is 0 Å². The summed E-state index contributed by atoms with van der Waals surface area (Å²) in [6, 6.07) is 24.7. The summed E-state index contributed by atoms with van der Waals surface area (Å²) in [4.78, 5) is 40.9. The van der Waals surface area contributed by atoms with Crippen LogP contribution in [0.5, 0.6) is 0 Å². The molecule has 1 N–H and O–H groups in total. The van der Waals surface area contributed by atoms with Crippen molar-refractivity contribution in [3.05, 3.63) is 125 Å². The average molecular weight is 615 g/mol. The molecule has 0 bridgehead atoms. The van der Waals surface area contributed by atoms with Crippen molar-refractivity contribution in [1.29, 1.82) is 0 Å². The molecule has 3 aromatic carbocycles. The molecule has 1 heterocycles. The minimum absolute atomic E-state index is 0.0885. The van der Waals surface area contributed by atoms with Crippen molar-refractivity contribution in [2.75, 3.05) is 18.1 Å². The predicted octanol–water partition coefficient (Wildman–Crippen LogP) is 4.44. The number of hydrogen-bond acceptors (Lipinski definition) is 7. The Balaban J connectivity index is 1.59. The van der Waals surface area contributed by atoms with E-state index in [1.54, 1.807) is 73.4 Å². The molecular weight excluding hydrogens is 580 g/mol. The van der Waals surface area contributed by atoms with E-state index in [1.165, 1.54) is 23.1 Å². The number of carbonyl (C=O) groups is 3. The third-order valence-corrected chi connectivity index (χ3v) is 7.66. The van der Waals surface area contributed by atoms with Crippen LogP contribution in [0.25, 0.3) is 6.08 Å². The maximum absolute atomic E-state index is 13.9. The number of carbonyl (C=O) groups excluding carboxylic acids is 3. The standard InChI is InChI=1S/C33H34N4O6S/c1-3-37(29-17-15-28(16-18-29)33(40)43-4-2)32(39)30(21-27-22-34-36(24-27)23-26-13-9-6-10-14-26)31(38)35-44(41,42)20-19-25-11-7-5-8-12-25/h5-20,22,24,30H,3-4,21,23H2,1-2H3,(H,35,38). The minimum atomic E-state index is -4.23. The Bertz CT molecular complexity index is 1700. The van der Waals surface area contributed by atoms with Crippen molar-refractivity contribution in [2.45, 2.75) is 26.8 Å². The van der Waals surface area contributed by atoms with Crippen LogP contribution in [-0.4, -0.2) is 49.1 Å². The van der Waals surface area contributed by atoms with Crippen molar-refractivity contribution in [1.82, 2.24) is 14.5 Å². The molecule has 228 valence electrons. The lowest BCUT2D eigenvalue weighted by Gasteiger charge is -2.26. The Morgan fingerprint density at radius 3 is 2.23 bits per heavy atom. The monoisotopic (exact) mass is 614 g/mol. The SMILES string of the molecule is CCOC(=O)c1ccc(N(CC)C(=O)C(Cc2cnn(Cc3ccccc3)c2)C(=O)NS(=O)(=O)C=Cc2ccccc2)cc1. The van der Waals surface area contributed by atoms with E-state index in [-0.39, 0.29) is 19.6 Å². The van der Waals surface area contributed by atoms with Gasteiger partial charge in [-0.05, 0) is 67.3 Å². The molecule has 0 spiro atoms. The third kappa shape index (κ3) is 8.74. The van der Waals surface area contributed by atoms with Crippen molar-refractivity contribution in [2.24, 2.45) is 5.92 Å². The normalized spacial score (nSPS) is 12.0. The quantitative estimate of drug-likeness (QED) is 0.174. The summed E-state index contributed by atoms with van der Waals surface area (Å²) in [6.07, 6.45) is 4.57. The highest BCUT2D eigenvalue weighted by Crippen LogP contribution is 2.21. The average Bonchev–Trinajstić information content (AvgIpc) is 3.47. The van der Waals surface area contributed by atoms with Crippen LogP contribution in [0.15, 0.2) is 103 Å². The molecule has 1 atom stereocenters. The number of hydrogen-bond donors (Lipinski definition) is 1. The topological polar surface area (TPSA) is 128 Å². The summed E-state index contributed by atoms with van der Waals surface area (Å²) in [6.45, 7) is 4.34. The first-order valence-corrected chi connectivity index (χ1v) is 15.7. The fourth-order valence-electron chi connectivity index (χ4n) is 4.52. The molecule has 0 radical (unpaired) electrons. The van der Waals surface area contributed by atoms with Crippen molar-refractivity contribution < 1.29 is 27.5 Å². The summed E-state index contributed by atoms with van der Waals surface area (Å²) in [5.41, 5.74) is 2.99. The highest BCUT2D eigenvalue weighted by Gasteiger charge is 2.33. The lowest BCUT2D eigenvalue weighted by molar-refractivity contribution is -0.132. The molecule has 4 aromatic rings. The lowest BCUT2D eigenvalue weighted by atomic mass is 9.98. The summed E-state index contributed by atoms with van der Waals surface area (Å²) in [5.74, 6) is -3.46. The van der Waals surface area contributed by atoms with Gasteiger partial charge in [-0.2, -0.15) is 5.10 Å². The maximum Gasteiger partial charge on any atom is 0.338 e. The summed E-state index contributed by atoms with van der Waals surface area (Å²) in [7, 11) is -4.23. The van der Waals surface area contributed by atoms with Gasteiger partial charge in [-0.15, -0.1) is 0 Å². The van der Waals surface area contributed by atoms with Gasteiger partial charge in [0.1, 0.15) is 5.92 Å². The smallest absolute Gasteiger partial charge is 0.338 e. The zero-order valence-corrected chi connectivity index (χ0v) is 25.3. The Morgan fingerprint density at radius 1 is 0.932 bits per heavy atom. The van der Waals surface area contributed by atoms with Crippen LogP contribution in [0.4, 0.5) is 5.69 Å². The molecule has 11 heteroatoms. The van der Waals surface area contributed by atoms with Gasteiger partial charge in [-0.1, -0.05) is 60.7 Å². The molecule has 0 aliphatic rings. The van der Waals surface area contributed by atoms with E-state index in [1.807, 2.05) is 30.3 Å². The van der Waals surface area contributed by atoms with Gasteiger partial charge in [0.25, 0.3) is 10.0 Å². The summed E-state index contributed by atoms with van der Waals surface area (Å²) < 4.78 is 34.5. The van der Waals surface area contributed by atoms with Gasteiger partial charge in [0.05, 0.1) is 30.3 Å². The molecule has 0 aliphatic carbocycles. The van der Waals surface area contributed by atoms with Gasteiger partial charge in [-0.3, -0.25) is 14.3 Å². The number of amides is 2. The maximum atomic E-state index is 13.9. The first-order valence-electron chi connectivity index (χ1n) is 14.1. The van der Waals surface area contributed by atoms with Crippen molar-refractivity contribution in [3.8, 4) is 0 Å². The molecule has 0 aliphatic heterocycles. The second-order valence-corrected chi connectivity index (χ2v) is 11.4. The number of ether oxygens (including phenoxy) is 1. The van der Waals surface area contributed by atoms with Gasteiger partial charge >= 0.3 is 5.97 Å². The first kappa shape index (κ1) is 31.9. The fourth-order valence-corrected chi connectivity index (χ4v) is 5.35. The fraction of sp³-hybridized carbons (Fsp3) is 0.212.